The number of nitrogens with two attached hydrogens (primary N) is 1. The molecule has 1 aromatic carbocycles. The fourth-order valence-electron chi connectivity index (χ4n) is 1.98. The van der Waals surface area contributed by atoms with E-state index in [4.69, 9.17) is 5.14 Å². The zero-order valence-corrected chi connectivity index (χ0v) is 11.4. The van der Waals surface area contributed by atoms with E-state index >= 15 is 0 Å². The van der Waals surface area contributed by atoms with Gasteiger partial charge in [0.2, 0.25) is 10.0 Å². The van der Waals surface area contributed by atoms with Crippen LogP contribution in [0.5, 0.6) is 0 Å². The van der Waals surface area contributed by atoms with Crippen LogP contribution in [0.2, 0.25) is 0 Å². The molecule has 0 saturated carbocycles. The lowest BCUT2D eigenvalue weighted by molar-refractivity contribution is 0.598. The highest BCUT2D eigenvalue weighted by molar-refractivity contribution is 7.89. The van der Waals surface area contributed by atoms with Crippen molar-refractivity contribution in [1.82, 2.24) is 4.57 Å². The fourth-order valence-corrected chi connectivity index (χ4v) is 2.74. The second kappa shape index (κ2) is 4.64. The number of benzene rings is 1. The van der Waals surface area contributed by atoms with Gasteiger partial charge in [-0.15, -0.1) is 0 Å². The first-order valence-electron chi connectivity index (χ1n) is 5.60. The van der Waals surface area contributed by atoms with Gasteiger partial charge in [0.1, 0.15) is 0 Å². The van der Waals surface area contributed by atoms with Crippen LogP contribution in [0.15, 0.2) is 46.2 Å². The SMILES string of the molecule is Cc1cc(-c2ccccc2S(N)(=O)=O)cn(C)c1=O. The van der Waals surface area contributed by atoms with Gasteiger partial charge >= 0.3 is 0 Å². The Hall–Kier alpha value is -1.92. The molecule has 1 aromatic heterocycles. The molecule has 0 unspecified atom stereocenters. The van der Waals surface area contributed by atoms with Crippen molar-refractivity contribution in [2.75, 3.05) is 0 Å². The molecule has 2 aromatic rings. The summed E-state index contributed by atoms with van der Waals surface area (Å²) in [6.45, 7) is 1.69. The summed E-state index contributed by atoms with van der Waals surface area (Å²) in [4.78, 5) is 11.7. The maximum Gasteiger partial charge on any atom is 0.253 e. The molecule has 0 aliphatic heterocycles. The molecule has 1 heterocycles. The van der Waals surface area contributed by atoms with Gasteiger partial charge in [0.15, 0.2) is 0 Å². The van der Waals surface area contributed by atoms with Crippen molar-refractivity contribution in [2.45, 2.75) is 11.8 Å². The van der Waals surface area contributed by atoms with Gasteiger partial charge < -0.3 is 4.57 Å². The van der Waals surface area contributed by atoms with E-state index in [1.165, 1.54) is 10.6 Å². The van der Waals surface area contributed by atoms with Crippen molar-refractivity contribution in [2.24, 2.45) is 12.2 Å². The van der Waals surface area contributed by atoms with E-state index < -0.39 is 10.0 Å². The lowest BCUT2D eigenvalue weighted by Crippen LogP contribution is -2.19. The maximum absolute atomic E-state index is 11.7. The Labute approximate surface area is 111 Å². The first-order valence-corrected chi connectivity index (χ1v) is 7.15. The van der Waals surface area contributed by atoms with Gasteiger partial charge in [-0.2, -0.15) is 0 Å². The van der Waals surface area contributed by atoms with Crippen molar-refractivity contribution < 1.29 is 8.42 Å². The molecule has 2 N–H and O–H groups in total. The Morgan fingerprint density at radius 3 is 2.42 bits per heavy atom. The Balaban J connectivity index is 2.77. The average Bonchev–Trinajstić information content (AvgIpc) is 2.34. The van der Waals surface area contributed by atoms with Crippen LogP contribution < -0.4 is 10.7 Å². The van der Waals surface area contributed by atoms with Gasteiger partial charge in [0, 0.05) is 24.4 Å². The minimum atomic E-state index is -3.80. The quantitative estimate of drug-likeness (QED) is 0.890. The number of aromatic nitrogens is 1. The summed E-state index contributed by atoms with van der Waals surface area (Å²) in [6.07, 6.45) is 1.60. The highest BCUT2D eigenvalue weighted by Gasteiger charge is 2.15. The molecule has 6 heteroatoms. The number of hydrogen-bond donors (Lipinski definition) is 1. The molecule has 0 atom stereocenters. The standard InChI is InChI=1S/C13H14N2O3S/c1-9-7-10(8-15(2)13(9)16)11-5-3-4-6-12(11)19(14,17)18/h3-8H,1-2H3,(H2,14,17,18). The summed E-state index contributed by atoms with van der Waals surface area (Å²) in [5.41, 5.74) is 1.56. The van der Waals surface area contributed by atoms with Crippen molar-refractivity contribution in [1.29, 1.82) is 0 Å². The summed E-state index contributed by atoms with van der Waals surface area (Å²) in [5, 5.41) is 5.20. The molecule has 0 radical (unpaired) electrons. The van der Waals surface area contributed by atoms with Gasteiger partial charge in [0.05, 0.1) is 4.90 Å². The smallest absolute Gasteiger partial charge is 0.253 e. The number of primary sulfonamides is 1. The van der Waals surface area contributed by atoms with E-state index in [1.807, 2.05) is 0 Å². The minimum absolute atomic E-state index is 0.0491. The van der Waals surface area contributed by atoms with Crippen LogP contribution >= 0.6 is 0 Å². The first kappa shape index (κ1) is 13.5. The molecule has 0 amide bonds. The van der Waals surface area contributed by atoms with Crippen LogP contribution in [-0.2, 0) is 17.1 Å². The maximum atomic E-state index is 11.7. The molecule has 0 bridgehead atoms. The summed E-state index contributed by atoms with van der Waals surface area (Å²) in [6, 6.07) is 8.11. The molecule has 0 saturated heterocycles. The lowest BCUT2D eigenvalue weighted by Gasteiger charge is -2.10. The van der Waals surface area contributed by atoms with Gasteiger partial charge in [-0.3, -0.25) is 4.79 Å². The molecule has 0 aliphatic rings. The fraction of sp³-hybridized carbons (Fsp3) is 0.154. The highest BCUT2D eigenvalue weighted by Crippen LogP contribution is 2.26. The Bertz CT molecular complexity index is 766. The third-order valence-corrected chi connectivity index (χ3v) is 3.84. The lowest BCUT2D eigenvalue weighted by atomic mass is 10.1. The van der Waals surface area contributed by atoms with Crippen molar-refractivity contribution in [3.8, 4) is 11.1 Å². The normalized spacial score (nSPS) is 11.5. The van der Waals surface area contributed by atoms with E-state index in [9.17, 15) is 13.2 Å². The molecule has 0 spiro atoms. The Kier molecular flexibility index (Phi) is 3.30. The van der Waals surface area contributed by atoms with Gasteiger partial charge in [0.25, 0.3) is 5.56 Å². The summed E-state index contributed by atoms with van der Waals surface area (Å²) in [5.74, 6) is 0. The number of hydrogen-bond acceptors (Lipinski definition) is 3. The van der Waals surface area contributed by atoms with E-state index in [0.717, 1.165) is 0 Å². The van der Waals surface area contributed by atoms with Gasteiger partial charge in [-0.1, -0.05) is 18.2 Å². The molecular formula is C13H14N2O3S. The predicted octanol–water partition coefficient (Wildman–Crippen LogP) is 1.01. The van der Waals surface area contributed by atoms with Crippen LogP contribution in [0.4, 0.5) is 0 Å². The van der Waals surface area contributed by atoms with Gasteiger partial charge in [-0.05, 0) is 24.6 Å². The van der Waals surface area contributed by atoms with Crippen molar-refractivity contribution >= 4 is 10.0 Å². The second-order valence-electron chi connectivity index (χ2n) is 4.37. The van der Waals surface area contributed by atoms with Crippen molar-refractivity contribution in [3.05, 3.63) is 52.4 Å². The topological polar surface area (TPSA) is 82.2 Å². The third kappa shape index (κ3) is 2.59. The van der Waals surface area contributed by atoms with Crippen LogP contribution in [0.25, 0.3) is 11.1 Å². The Morgan fingerprint density at radius 2 is 1.84 bits per heavy atom. The van der Waals surface area contributed by atoms with E-state index in [1.54, 1.807) is 44.4 Å². The predicted molar refractivity (Wildman–Crippen MR) is 73.2 cm³/mol. The largest absolute Gasteiger partial charge is 0.318 e. The molecular weight excluding hydrogens is 264 g/mol. The highest BCUT2D eigenvalue weighted by atomic mass is 32.2. The summed E-state index contributed by atoms with van der Waals surface area (Å²) in [7, 11) is -2.18. The number of pyridine rings is 1. The van der Waals surface area contributed by atoms with Crippen LogP contribution in [0, 0.1) is 6.92 Å². The summed E-state index contributed by atoms with van der Waals surface area (Å²) < 4.78 is 24.6. The minimum Gasteiger partial charge on any atom is -0.318 e. The average molecular weight is 278 g/mol. The Morgan fingerprint density at radius 1 is 1.21 bits per heavy atom. The molecule has 0 fully saturated rings. The van der Waals surface area contributed by atoms with Crippen LogP contribution in [-0.4, -0.2) is 13.0 Å². The summed E-state index contributed by atoms with van der Waals surface area (Å²) >= 11 is 0. The monoisotopic (exact) mass is 278 g/mol. The van der Waals surface area contributed by atoms with E-state index in [-0.39, 0.29) is 10.5 Å². The molecule has 5 nitrogen and oxygen atoms in total. The van der Waals surface area contributed by atoms with E-state index in [0.29, 0.717) is 16.7 Å². The van der Waals surface area contributed by atoms with Crippen LogP contribution in [0.1, 0.15) is 5.56 Å². The molecule has 100 valence electrons. The first-order chi connectivity index (χ1) is 8.80. The zero-order chi connectivity index (χ0) is 14.2. The van der Waals surface area contributed by atoms with Crippen molar-refractivity contribution in [3.63, 3.8) is 0 Å². The number of nitrogens with zero attached hydrogens (tertiary/aromatic N) is 1. The molecule has 0 aliphatic carbocycles. The zero-order valence-electron chi connectivity index (χ0n) is 10.6. The molecule has 2 rings (SSSR count). The number of sulfonamides is 1. The van der Waals surface area contributed by atoms with Crippen LogP contribution in [0.3, 0.4) is 0 Å². The van der Waals surface area contributed by atoms with Gasteiger partial charge in [-0.25, -0.2) is 13.6 Å². The second-order valence-corrected chi connectivity index (χ2v) is 5.90. The number of aryl methyl sites for hydroxylation is 2. The molecule has 19 heavy (non-hydrogen) atoms. The third-order valence-electron chi connectivity index (χ3n) is 2.87. The number of rotatable bonds is 2. The van der Waals surface area contributed by atoms with E-state index in [2.05, 4.69) is 0 Å².